The second kappa shape index (κ2) is 7.70. The van der Waals surface area contributed by atoms with E-state index in [1.165, 1.54) is 12.1 Å². The number of aryl methyl sites for hydroxylation is 1. The van der Waals surface area contributed by atoms with E-state index in [4.69, 9.17) is 4.74 Å². The highest BCUT2D eigenvalue weighted by Gasteiger charge is 2.36. The van der Waals surface area contributed by atoms with Crippen molar-refractivity contribution in [3.63, 3.8) is 0 Å². The Hall–Kier alpha value is -2.34. The van der Waals surface area contributed by atoms with Crippen molar-refractivity contribution in [2.45, 2.75) is 31.5 Å². The van der Waals surface area contributed by atoms with Gasteiger partial charge < -0.3 is 19.7 Å². The minimum Gasteiger partial charge on any atom is -0.488 e. The second-order valence-corrected chi connectivity index (χ2v) is 6.49. The van der Waals surface area contributed by atoms with Gasteiger partial charge in [0, 0.05) is 19.8 Å². The number of ether oxygens (including phenoxy) is 1. The van der Waals surface area contributed by atoms with E-state index in [2.05, 4.69) is 5.32 Å². The van der Waals surface area contributed by atoms with E-state index in [1.807, 2.05) is 19.3 Å². The quantitative estimate of drug-likeness (QED) is 0.845. The number of amides is 1. The zero-order valence-electron chi connectivity index (χ0n) is 14.2. The maximum Gasteiger partial charge on any atom is 0.267 e. The lowest BCUT2D eigenvalue weighted by atomic mass is 10.0. The number of benzene rings is 1. The number of aromatic nitrogens is 1. The van der Waals surface area contributed by atoms with Crippen molar-refractivity contribution in [1.82, 2.24) is 9.88 Å². The minimum absolute atomic E-state index is 0.0826. The van der Waals surface area contributed by atoms with Crippen LogP contribution in [-0.2, 0) is 7.05 Å². The van der Waals surface area contributed by atoms with Crippen molar-refractivity contribution < 1.29 is 19.0 Å². The highest BCUT2D eigenvalue weighted by molar-refractivity contribution is 5.92. The fraction of sp³-hybridized carbons (Fsp3) is 0.421. The van der Waals surface area contributed by atoms with Crippen LogP contribution in [0.1, 0.15) is 29.8 Å². The number of carbonyl (C=O) groups excluding carboxylic acids is 1. The van der Waals surface area contributed by atoms with Gasteiger partial charge in [0.05, 0.1) is 6.10 Å². The lowest BCUT2D eigenvalue weighted by molar-refractivity contribution is 0.0329. The zero-order valence-corrected chi connectivity index (χ0v) is 14.2. The van der Waals surface area contributed by atoms with E-state index < -0.39 is 6.10 Å². The van der Waals surface area contributed by atoms with Crippen LogP contribution in [0.15, 0.2) is 42.6 Å². The van der Waals surface area contributed by atoms with Gasteiger partial charge >= 0.3 is 0 Å². The summed E-state index contributed by atoms with van der Waals surface area (Å²) in [5, 5.41) is 13.3. The molecular weight excluding hydrogens is 323 g/mol. The van der Waals surface area contributed by atoms with Gasteiger partial charge in [-0.2, -0.15) is 0 Å². The molecule has 1 saturated carbocycles. The van der Waals surface area contributed by atoms with Crippen molar-refractivity contribution in [3.05, 3.63) is 54.1 Å². The number of hydrogen-bond donors (Lipinski definition) is 2. The number of aliphatic hydroxyl groups excluding tert-OH is 1. The SMILES string of the molecule is Cn1cccc1C(=O)NCC[C@H]1CC[C@@H](Oc2ccc(F)cc2)[C@@H]1O. The van der Waals surface area contributed by atoms with Gasteiger partial charge in [0.15, 0.2) is 0 Å². The molecule has 6 heteroatoms. The van der Waals surface area contributed by atoms with Crippen LogP contribution in [0.3, 0.4) is 0 Å². The predicted molar refractivity (Wildman–Crippen MR) is 91.9 cm³/mol. The maximum absolute atomic E-state index is 12.9. The van der Waals surface area contributed by atoms with Crippen molar-refractivity contribution in [2.24, 2.45) is 13.0 Å². The molecule has 0 unspecified atom stereocenters. The molecule has 0 aliphatic heterocycles. The molecule has 0 spiro atoms. The predicted octanol–water partition coefficient (Wildman–Crippen LogP) is 2.50. The molecule has 1 aliphatic rings. The van der Waals surface area contributed by atoms with E-state index in [0.29, 0.717) is 24.4 Å². The Labute approximate surface area is 146 Å². The molecule has 2 N–H and O–H groups in total. The third-order valence-electron chi connectivity index (χ3n) is 4.76. The number of aliphatic hydroxyl groups is 1. The first-order valence-electron chi connectivity index (χ1n) is 8.54. The molecule has 1 amide bonds. The van der Waals surface area contributed by atoms with Gasteiger partial charge in [-0.25, -0.2) is 4.39 Å². The topological polar surface area (TPSA) is 63.5 Å². The molecule has 1 heterocycles. The molecule has 2 aromatic rings. The summed E-state index contributed by atoms with van der Waals surface area (Å²) in [7, 11) is 1.83. The Morgan fingerprint density at radius 1 is 1.32 bits per heavy atom. The molecule has 1 aromatic carbocycles. The van der Waals surface area contributed by atoms with E-state index in [0.717, 1.165) is 12.8 Å². The van der Waals surface area contributed by atoms with Crippen LogP contribution in [0.25, 0.3) is 0 Å². The van der Waals surface area contributed by atoms with Crippen LogP contribution in [0.4, 0.5) is 4.39 Å². The first-order chi connectivity index (χ1) is 12.0. The molecule has 25 heavy (non-hydrogen) atoms. The summed E-state index contributed by atoms with van der Waals surface area (Å²) in [5.74, 6) is 0.215. The van der Waals surface area contributed by atoms with Crippen LogP contribution < -0.4 is 10.1 Å². The van der Waals surface area contributed by atoms with E-state index >= 15 is 0 Å². The van der Waals surface area contributed by atoms with Gasteiger partial charge in [-0.1, -0.05) is 0 Å². The summed E-state index contributed by atoms with van der Waals surface area (Å²) in [4.78, 5) is 12.1. The lowest BCUT2D eigenvalue weighted by Gasteiger charge is -2.21. The van der Waals surface area contributed by atoms with Crippen molar-refractivity contribution >= 4 is 5.91 Å². The fourth-order valence-electron chi connectivity index (χ4n) is 3.31. The summed E-state index contributed by atoms with van der Waals surface area (Å²) in [5.41, 5.74) is 0.615. The Morgan fingerprint density at radius 2 is 2.08 bits per heavy atom. The Kier molecular flexibility index (Phi) is 5.38. The number of nitrogens with one attached hydrogen (secondary N) is 1. The van der Waals surface area contributed by atoms with Gasteiger partial charge in [-0.15, -0.1) is 0 Å². The van der Waals surface area contributed by atoms with Crippen molar-refractivity contribution in [2.75, 3.05) is 6.54 Å². The standard InChI is InChI=1S/C19H23FN2O3/c1-22-12-2-3-16(22)19(24)21-11-10-13-4-9-17(18(13)23)25-15-7-5-14(20)6-8-15/h2-3,5-8,12-13,17-18,23H,4,9-11H2,1H3,(H,21,24)/t13-,17-,18-/m1/s1. The molecule has 5 nitrogen and oxygen atoms in total. The third-order valence-corrected chi connectivity index (χ3v) is 4.76. The average molecular weight is 346 g/mol. The first kappa shape index (κ1) is 17.5. The molecule has 0 saturated heterocycles. The van der Waals surface area contributed by atoms with E-state index in [1.54, 1.807) is 22.8 Å². The summed E-state index contributed by atoms with van der Waals surface area (Å²) in [6.45, 7) is 0.509. The largest absolute Gasteiger partial charge is 0.488 e. The smallest absolute Gasteiger partial charge is 0.267 e. The Morgan fingerprint density at radius 3 is 2.76 bits per heavy atom. The van der Waals surface area contributed by atoms with Crippen LogP contribution in [0.5, 0.6) is 5.75 Å². The third kappa shape index (κ3) is 4.20. The molecule has 134 valence electrons. The summed E-state index contributed by atoms with van der Waals surface area (Å²) in [6, 6.07) is 9.41. The van der Waals surface area contributed by atoms with Crippen LogP contribution in [-0.4, -0.2) is 34.3 Å². The number of carbonyl (C=O) groups is 1. The average Bonchev–Trinajstić information content (AvgIpc) is 3.17. The monoisotopic (exact) mass is 346 g/mol. The minimum atomic E-state index is -0.586. The van der Waals surface area contributed by atoms with Crippen LogP contribution in [0, 0.1) is 11.7 Å². The van der Waals surface area contributed by atoms with Gasteiger partial charge in [-0.3, -0.25) is 4.79 Å². The van der Waals surface area contributed by atoms with Crippen LogP contribution in [0.2, 0.25) is 0 Å². The summed E-state index contributed by atoms with van der Waals surface area (Å²) < 4.78 is 20.5. The number of rotatable bonds is 6. The molecule has 1 aromatic heterocycles. The normalized spacial score (nSPS) is 22.8. The Bertz CT molecular complexity index is 714. The van der Waals surface area contributed by atoms with Gasteiger partial charge in [0.2, 0.25) is 0 Å². The molecule has 3 rings (SSSR count). The van der Waals surface area contributed by atoms with E-state index in [-0.39, 0.29) is 23.7 Å². The van der Waals surface area contributed by atoms with Crippen LogP contribution >= 0.6 is 0 Å². The fourth-order valence-corrected chi connectivity index (χ4v) is 3.31. The van der Waals surface area contributed by atoms with Crippen molar-refractivity contribution in [3.8, 4) is 5.75 Å². The summed E-state index contributed by atoms with van der Waals surface area (Å²) >= 11 is 0. The number of nitrogens with zero attached hydrogens (tertiary/aromatic N) is 1. The summed E-state index contributed by atoms with van der Waals surface area (Å²) in [6.07, 6.45) is 3.23. The highest BCUT2D eigenvalue weighted by atomic mass is 19.1. The lowest BCUT2D eigenvalue weighted by Crippen LogP contribution is -2.33. The van der Waals surface area contributed by atoms with Gasteiger partial charge in [0.1, 0.15) is 23.4 Å². The number of hydrogen-bond acceptors (Lipinski definition) is 3. The molecule has 3 atom stereocenters. The van der Waals surface area contributed by atoms with Gasteiger partial charge in [-0.05, 0) is 61.6 Å². The molecule has 0 bridgehead atoms. The molecule has 1 aliphatic carbocycles. The Balaban J connectivity index is 1.45. The highest BCUT2D eigenvalue weighted by Crippen LogP contribution is 2.31. The maximum atomic E-state index is 12.9. The molecule has 1 fully saturated rings. The van der Waals surface area contributed by atoms with Gasteiger partial charge in [0.25, 0.3) is 5.91 Å². The molecular formula is C19H23FN2O3. The number of halogens is 1. The zero-order chi connectivity index (χ0) is 17.8. The van der Waals surface area contributed by atoms with E-state index in [9.17, 15) is 14.3 Å². The first-order valence-corrected chi connectivity index (χ1v) is 8.54. The van der Waals surface area contributed by atoms with Crippen molar-refractivity contribution in [1.29, 1.82) is 0 Å². The molecule has 0 radical (unpaired) electrons. The second-order valence-electron chi connectivity index (χ2n) is 6.49.